The van der Waals surface area contributed by atoms with Crippen LogP contribution in [0.1, 0.15) is 17.5 Å². The second-order valence-corrected chi connectivity index (χ2v) is 5.78. The number of nitrogens with zero attached hydrogens (tertiary/aromatic N) is 2. The molecule has 0 aromatic heterocycles. The number of nitro benzene ring substituents is 1. The van der Waals surface area contributed by atoms with Crippen molar-refractivity contribution in [2.45, 2.75) is 19.5 Å². The van der Waals surface area contributed by atoms with Gasteiger partial charge in [0.05, 0.1) is 4.92 Å². The molecule has 0 aliphatic heterocycles. The molecule has 2 aromatic rings. The standard InChI is InChI=1S/C18H22FN3O2/c1-21(14-15-6-3-2-4-7-15)11-5-10-20-13-16-12-17(19)8-9-18(16)22(23)24/h2-4,6-9,12,20H,5,10-11,13-14H2,1H3. The van der Waals surface area contributed by atoms with Crippen LogP contribution in [0, 0.1) is 15.9 Å². The van der Waals surface area contributed by atoms with Crippen molar-refractivity contribution in [1.82, 2.24) is 10.2 Å². The maximum absolute atomic E-state index is 13.2. The minimum absolute atomic E-state index is 0.0508. The summed E-state index contributed by atoms with van der Waals surface area (Å²) in [7, 11) is 2.06. The van der Waals surface area contributed by atoms with E-state index < -0.39 is 10.7 Å². The molecule has 2 rings (SSSR count). The van der Waals surface area contributed by atoms with E-state index in [0.717, 1.165) is 25.6 Å². The Kier molecular flexibility index (Phi) is 6.84. The minimum Gasteiger partial charge on any atom is -0.312 e. The van der Waals surface area contributed by atoms with Gasteiger partial charge in [0, 0.05) is 24.7 Å². The lowest BCUT2D eigenvalue weighted by Gasteiger charge is -2.16. The van der Waals surface area contributed by atoms with Gasteiger partial charge in [-0.3, -0.25) is 10.1 Å². The maximum atomic E-state index is 13.2. The predicted octanol–water partition coefficient (Wildman–Crippen LogP) is 3.35. The van der Waals surface area contributed by atoms with Crippen molar-refractivity contribution in [3.05, 3.63) is 75.6 Å². The highest BCUT2D eigenvalue weighted by atomic mass is 19.1. The van der Waals surface area contributed by atoms with Gasteiger partial charge in [0.25, 0.3) is 5.69 Å². The third-order valence-electron chi connectivity index (χ3n) is 3.74. The molecule has 0 heterocycles. The largest absolute Gasteiger partial charge is 0.312 e. The van der Waals surface area contributed by atoms with Crippen molar-refractivity contribution in [2.24, 2.45) is 0 Å². The fourth-order valence-corrected chi connectivity index (χ4v) is 2.54. The summed E-state index contributed by atoms with van der Waals surface area (Å²) in [5.74, 6) is -0.458. The molecular weight excluding hydrogens is 309 g/mol. The van der Waals surface area contributed by atoms with Gasteiger partial charge in [-0.2, -0.15) is 0 Å². The van der Waals surface area contributed by atoms with Gasteiger partial charge in [-0.1, -0.05) is 30.3 Å². The summed E-state index contributed by atoms with van der Waals surface area (Å²) in [5, 5.41) is 14.1. The molecule has 0 unspecified atom stereocenters. The van der Waals surface area contributed by atoms with Gasteiger partial charge < -0.3 is 10.2 Å². The zero-order chi connectivity index (χ0) is 17.4. The molecule has 2 aromatic carbocycles. The first-order valence-corrected chi connectivity index (χ1v) is 7.92. The Morgan fingerprint density at radius 2 is 1.96 bits per heavy atom. The highest BCUT2D eigenvalue weighted by Crippen LogP contribution is 2.19. The predicted molar refractivity (Wildman–Crippen MR) is 92.2 cm³/mol. The molecule has 0 saturated heterocycles. The zero-order valence-electron chi connectivity index (χ0n) is 13.7. The van der Waals surface area contributed by atoms with E-state index in [1.807, 2.05) is 18.2 Å². The summed E-state index contributed by atoms with van der Waals surface area (Å²) in [6.45, 7) is 2.80. The van der Waals surface area contributed by atoms with Gasteiger partial charge in [0.1, 0.15) is 5.82 Å². The van der Waals surface area contributed by atoms with Gasteiger partial charge in [-0.15, -0.1) is 0 Å². The molecular formula is C18H22FN3O2. The van der Waals surface area contributed by atoms with Crippen molar-refractivity contribution >= 4 is 5.69 Å². The van der Waals surface area contributed by atoms with Crippen LogP contribution in [-0.2, 0) is 13.1 Å². The molecule has 0 bridgehead atoms. The van der Waals surface area contributed by atoms with Gasteiger partial charge in [0.2, 0.25) is 0 Å². The molecule has 128 valence electrons. The number of halogens is 1. The lowest BCUT2D eigenvalue weighted by atomic mass is 10.1. The van der Waals surface area contributed by atoms with Crippen LogP contribution < -0.4 is 5.32 Å². The highest BCUT2D eigenvalue weighted by molar-refractivity contribution is 5.40. The Morgan fingerprint density at radius 3 is 2.67 bits per heavy atom. The monoisotopic (exact) mass is 331 g/mol. The molecule has 0 aliphatic rings. The molecule has 0 amide bonds. The van der Waals surface area contributed by atoms with Gasteiger partial charge >= 0.3 is 0 Å². The first kappa shape index (κ1) is 18.0. The van der Waals surface area contributed by atoms with Crippen molar-refractivity contribution in [3.8, 4) is 0 Å². The minimum atomic E-state index is -0.482. The summed E-state index contributed by atoms with van der Waals surface area (Å²) >= 11 is 0. The highest BCUT2D eigenvalue weighted by Gasteiger charge is 2.13. The number of nitro groups is 1. The normalized spacial score (nSPS) is 11.0. The molecule has 24 heavy (non-hydrogen) atoms. The van der Waals surface area contributed by atoms with Crippen LogP contribution in [0.2, 0.25) is 0 Å². The summed E-state index contributed by atoms with van der Waals surface area (Å²) in [4.78, 5) is 12.7. The fourth-order valence-electron chi connectivity index (χ4n) is 2.54. The van der Waals surface area contributed by atoms with E-state index in [4.69, 9.17) is 0 Å². The third kappa shape index (κ3) is 5.72. The average molecular weight is 331 g/mol. The maximum Gasteiger partial charge on any atom is 0.274 e. The molecule has 0 aliphatic carbocycles. The van der Waals surface area contributed by atoms with Crippen molar-refractivity contribution in [2.75, 3.05) is 20.1 Å². The molecule has 5 nitrogen and oxygen atoms in total. The van der Waals surface area contributed by atoms with E-state index in [0.29, 0.717) is 12.1 Å². The van der Waals surface area contributed by atoms with Gasteiger partial charge in [-0.25, -0.2) is 4.39 Å². The zero-order valence-corrected chi connectivity index (χ0v) is 13.7. The van der Waals surface area contributed by atoms with E-state index in [-0.39, 0.29) is 12.2 Å². The van der Waals surface area contributed by atoms with E-state index in [9.17, 15) is 14.5 Å². The lowest BCUT2D eigenvalue weighted by molar-refractivity contribution is -0.385. The SMILES string of the molecule is CN(CCCNCc1cc(F)ccc1[N+](=O)[O-])Cc1ccccc1. The lowest BCUT2D eigenvalue weighted by Crippen LogP contribution is -2.24. The Labute approximate surface area is 141 Å². The second-order valence-electron chi connectivity index (χ2n) is 5.78. The van der Waals surface area contributed by atoms with E-state index in [1.54, 1.807) is 0 Å². The Balaban J connectivity index is 1.72. The number of rotatable bonds is 9. The smallest absolute Gasteiger partial charge is 0.274 e. The van der Waals surface area contributed by atoms with E-state index >= 15 is 0 Å². The van der Waals surface area contributed by atoms with Gasteiger partial charge in [-0.05, 0) is 44.3 Å². The van der Waals surface area contributed by atoms with E-state index in [2.05, 4.69) is 29.4 Å². The van der Waals surface area contributed by atoms with E-state index in [1.165, 1.54) is 17.7 Å². The van der Waals surface area contributed by atoms with Crippen LogP contribution in [0.5, 0.6) is 0 Å². The fraction of sp³-hybridized carbons (Fsp3) is 0.333. The molecule has 0 atom stereocenters. The van der Waals surface area contributed by atoms with Gasteiger partial charge in [0.15, 0.2) is 0 Å². The molecule has 6 heteroatoms. The van der Waals surface area contributed by atoms with Crippen molar-refractivity contribution in [1.29, 1.82) is 0 Å². The van der Waals surface area contributed by atoms with Crippen molar-refractivity contribution < 1.29 is 9.31 Å². The third-order valence-corrected chi connectivity index (χ3v) is 3.74. The summed E-state index contributed by atoms with van der Waals surface area (Å²) < 4.78 is 13.2. The Morgan fingerprint density at radius 1 is 1.21 bits per heavy atom. The Hall–Kier alpha value is -2.31. The summed E-state index contributed by atoms with van der Waals surface area (Å²) in [6, 6.07) is 13.8. The first-order chi connectivity index (χ1) is 11.6. The van der Waals surface area contributed by atoms with Crippen molar-refractivity contribution in [3.63, 3.8) is 0 Å². The van der Waals surface area contributed by atoms with Crippen LogP contribution in [0.25, 0.3) is 0 Å². The summed E-state index contributed by atoms with van der Waals surface area (Å²) in [5.41, 5.74) is 1.59. The summed E-state index contributed by atoms with van der Waals surface area (Å²) in [6.07, 6.45) is 0.909. The Bertz CT molecular complexity index is 665. The van der Waals surface area contributed by atoms with Crippen LogP contribution in [0.15, 0.2) is 48.5 Å². The molecule has 0 fully saturated rings. The van der Waals surface area contributed by atoms with Crippen LogP contribution in [0.3, 0.4) is 0 Å². The molecule has 1 N–H and O–H groups in total. The average Bonchev–Trinajstić information content (AvgIpc) is 2.55. The topological polar surface area (TPSA) is 58.4 Å². The van der Waals surface area contributed by atoms with Crippen LogP contribution in [-0.4, -0.2) is 30.0 Å². The number of hydrogen-bond donors (Lipinski definition) is 1. The number of benzene rings is 2. The number of hydrogen-bond acceptors (Lipinski definition) is 4. The second kappa shape index (κ2) is 9.10. The first-order valence-electron chi connectivity index (χ1n) is 7.92. The van der Waals surface area contributed by atoms with Crippen LogP contribution >= 0.6 is 0 Å². The quantitative estimate of drug-likeness (QED) is 0.435. The molecule has 0 radical (unpaired) electrons. The molecule has 0 saturated carbocycles. The molecule has 0 spiro atoms. The van der Waals surface area contributed by atoms with Crippen LogP contribution in [0.4, 0.5) is 10.1 Å². The number of nitrogens with one attached hydrogen (secondary N) is 1.